The van der Waals surface area contributed by atoms with Gasteiger partial charge in [0.1, 0.15) is 0 Å². The Morgan fingerprint density at radius 2 is 1.71 bits per heavy atom. The molecule has 3 aromatic rings. The third-order valence-corrected chi connectivity index (χ3v) is 8.81. The second-order valence-electron chi connectivity index (χ2n) is 12.2. The summed E-state index contributed by atoms with van der Waals surface area (Å²) in [7, 11) is 1.45. The number of nitrogens with zero attached hydrogens (tertiary/aromatic N) is 5. The minimum Gasteiger partial charge on any atom is -0.481 e. The van der Waals surface area contributed by atoms with E-state index in [9.17, 15) is 36.2 Å². The summed E-state index contributed by atoms with van der Waals surface area (Å²) < 4.78 is 93.1. The Kier molecular flexibility index (Phi) is 10.5. The van der Waals surface area contributed by atoms with Crippen LogP contribution in [0.25, 0.3) is 0 Å². The van der Waals surface area contributed by atoms with Crippen molar-refractivity contribution in [3.63, 3.8) is 0 Å². The highest BCUT2D eigenvalue weighted by molar-refractivity contribution is 5.90. The first-order valence-corrected chi connectivity index (χ1v) is 16.0. The van der Waals surface area contributed by atoms with Gasteiger partial charge in [-0.2, -0.15) is 26.3 Å². The molecule has 1 fully saturated rings. The van der Waals surface area contributed by atoms with Crippen molar-refractivity contribution in [2.45, 2.75) is 89.5 Å². The molecule has 10 nitrogen and oxygen atoms in total. The number of benzene rings is 1. The van der Waals surface area contributed by atoms with Gasteiger partial charge in [-0.05, 0) is 69.4 Å². The topological polar surface area (TPSA) is 113 Å². The Labute approximate surface area is 279 Å². The number of piperidine rings is 1. The van der Waals surface area contributed by atoms with Crippen LogP contribution >= 0.6 is 0 Å². The van der Waals surface area contributed by atoms with Crippen molar-refractivity contribution in [3.05, 3.63) is 64.6 Å². The molecular weight excluding hydrogens is 658 g/mol. The van der Waals surface area contributed by atoms with Crippen LogP contribution in [0.5, 0.6) is 5.88 Å². The average molecular weight is 697 g/mol. The van der Waals surface area contributed by atoms with Gasteiger partial charge in [-0.25, -0.2) is 19.7 Å². The summed E-state index contributed by atoms with van der Waals surface area (Å²) in [6.45, 7) is 6.03. The summed E-state index contributed by atoms with van der Waals surface area (Å²) in [6, 6.07) is 3.71. The van der Waals surface area contributed by atoms with E-state index in [0.29, 0.717) is 61.4 Å². The molecule has 266 valence electrons. The SMILES string of the molecule is CCOC(=O)N1c2ccc(OC)nc2[C@@H](Nc2ncc(N3CCC(O)CC3C)c(Cc3cc(C(F)(F)F)cc(C(F)(F)F)c3)n2)C[C@H]1CC. The lowest BCUT2D eigenvalue weighted by Gasteiger charge is -2.39. The monoisotopic (exact) mass is 696 g/mol. The number of amides is 1. The quantitative estimate of drug-likeness (QED) is 0.237. The highest BCUT2D eigenvalue weighted by Crippen LogP contribution is 2.41. The lowest BCUT2D eigenvalue weighted by molar-refractivity contribution is -0.143. The lowest BCUT2D eigenvalue weighted by atomic mass is 9.93. The van der Waals surface area contributed by atoms with Gasteiger partial charge in [0.15, 0.2) is 0 Å². The average Bonchev–Trinajstić information content (AvgIpc) is 3.04. The maximum atomic E-state index is 13.7. The Hall–Kier alpha value is -4.34. The van der Waals surface area contributed by atoms with Crippen LogP contribution in [-0.2, 0) is 23.5 Å². The molecule has 16 heteroatoms. The zero-order valence-electron chi connectivity index (χ0n) is 27.4. The van der Waals surface area contributed by atoms with Crippen LogP contribution in [0.1, 0.15) is 80.6 Å². The Balaban J connectivity index is 1.58. The molecule has 49 heavy (non-hydrogen) atoms. The van der Waals surface area contributed by atoms with E-state index in [1.165, 1.54) is 18.2 Å². The molecule has 0 spiro atoms. The van der Waals surface area contributed by atoms with Gasteiger partial charge < -0.3 is 24.8 Å². The predicted molar refractivity (Wildman–Crippen MR) is 169 cm³/mol. The highest BCUT2D eigenvalue weighted by atomic mass is 19.4. The first kappa shape index (κ1) is 36.0. The summed E-state index contributed by atoms with van der Waals surface area (Å²) in [5.74, 6) is 0.346. The Morgan fingerprint density at radius 1 is 1.02 bits per heavy atom. The standard InChI is InChI=1S/C33H38F6N6O4/c1-5-22-16-25(29-26(7-8-28(43-29)48-4)45(22)31(47)49-6-2)42-30-40-17-27(44-10-9-23(46)11-18(44)3)24(41-30)14-19-12-20(32(34,35)36)15-21(13-19)33(37,38)39/h7-8,12-13,15,17-18,22-23,25,46H,5-6,9-11,14,16H2,1-4H3,(H,40,41,42)/t18?,22-,23?,25+/m1/s1. The number of halogens is 6. The van der Waals surface area contributed by atoms with Gasteiger partial charge in [-0.15, -0.1) is 0 Å². The van der Waals surface area contributed by atoms with Gasteiger partial charge in [0, 0.05) is 31.1 Å². The zero-order chi connectivity index (χ0) is 35.7. The molecule has 4 atom stereocenters. The molecule has 0 radical (unpaired) electrons. The van der Waals surface area contributed by atoms with Crippen LogP contribution in [0.4, 0.5) is 48.5 Å². The van der Waals surface area contributed by atoms with E-state index in [1.807, 2.05) is 18.7 Å². The summed E-state index contributed by atoms with van der Waals surface area (Å²) >= 11 is 0. The first-order chi connectivity index (χ1) is 23.1. The largest absolute Gasteiger partial charge is 0.481 e. The van der Waals surface area contributed by atoms with Crippen LogP contribution < -0.4 is 19.9 Å². The fourth-order valence-electron chi connectivity index (χ4n) is 6.45. The number of methoxy groups -OCH3 is 1. The van der Waals surface area contributed by atoms with Gasteiger partial charge in [-0.1, -0.05) is 6.92 Å². The van der Waals surface area contributed by atoms with Gasteiger partial charge in [0.25, 0.3) is 0 Å². The normalized spacial score (nSPS) is 21.3. The summed E-state index contributed by atoms with van der Waals surface area (Å²) in [4.78, 5) is 30.2. The number of fused-ring (bicyclic) bond motifs is 1. The van der Waals surface area contributed by atoms with Crippen molar-refractivity contribution in [1.82, 2.24) is 15.0 Å². The van der Waals surface area contributed by atoms with Crippen LogP contribution in [0.2, 0.25) is 0 Å². The van der Waals surface area contributed by atoms with Crippen molar-refractivity contribution in [1.29, 1.82) is 0 Å². The summed E-state index contributed by atoms with van der Waals surface area (Å²) in [6.07, 6.45) is -8.26. The van der Waals surface area contributed by atoms with E-state index in [1.54, 1.807) is 19.1 Å². The van der Waals surface area contributed by atoms with E-state index in [-0.39, 0.29) is 54.3 Å². The zero-order valence-corrected chi connectivity index (χ0v) is 27.4. The van der Waals surface area contributed by atoms with Crippen molar-refractivity contribution in [3.8, 4) is 5.88 Å². The highest BCUT2D eigenvalue weighted by Gasteiger charge is 2.39. The van der Waals surface area contributed by atoms with Crippen LogP contribution in [0.3, 0.4) is 0 Å². The Morgan fingerprint density at radius 3 is 2.31 bits per heavy atom. The molecule has 2 aliphatic heterocycles. The predicted octanol–water partition coefficient (Wildman–Crippen LogP) is 7.16. The van der Waals surface area contributed by atoms with Crippen LogP contribution in [-0.4, -0.2) is 64.6 Å². The summed E-state index contributed by atoms with van der Waals surface area (Å²) in [5, 5.41) is 13.5. The van der Waals surface area contributed by atoms with Crippen LogP contribution in [0, 0.1) is 0 Å². The minimum atomic E-state index is -5.01. The lowest BCUT2D eigenvalue weighted by Crippen LogP contribution is -2.46. The minimum absolute atomic E-state index is 0.0616. The molecule has 5 rings (SSSR count). The molecular formula is C33H38F6N6O4. The third-order valence-electron chi connectivity index (χ3n) is 8.81. The fraction of sp³-hybridized carbons (Fsp3) is 0.515. The molecule has 0 bridgehead atoms. The fourth-order valence-corrected chi connectivity index (χ4v) is 6.45. The number of carbonyl (C=O) groups is 1. The molecule has 1 saturated heterocycles. The van der Waals surface area contributed by atoms with Crippen molar-refractivity contribution in [2.75, 3.05) is 35.4 Å². The number of alkyl halides is 6. The number of pyridine rings is 1. The van der Waals surface area contributed by atoms with E-state index < -0.39 is 41.7 Å². The molecule has 1 amide bonds. The molecule has 4 heterocycles. The van der Waals surface area contributed by atoms with Crippen molar-refractivity contribution in [2.24, 2.45) is 0 Å². The number of aromatic nitrogens is 3. The molecule has 1 aromatic carbocycles. The van der Waals surface area contributed by atoms with Crippen molar-refractivity contribution < 1.29 is 45.7 Å². The maximum absolute atomic E-state index is 13.7. The number of aliphatic hydroxyl groups excluding tert-OH is 1. The smallest absolute Gasteiger partial charge is 0.416 e. The number of aliphatic hydroxyl groups is 1. The van der Waals surface area contributed by atoms with Gasteiger partial charge in [0.2, 0.25) is 11.8 Å². The number of anilines is 3. The van der Waals surface area contributed by atoms with Crippen molar-refractivity contribution >= 4 is 23.4 Å². The summed E-state index contributed by atoms with van der Waals surface area (Å²) in [5.41, 5.74) is -1.52. The molecule has 2 aliphatic rings. The molecule has 0 aliphatic carbocycles. The number of hydrogen-bond donors (Lipinski definition) is 2. The third kappa shape index (κ3) is 7.94. The molecule has 2 unspecified atom stereocenters. The molecule has 2 aromatic heterocycles. The van der Waals surface area contributed by atoms with Gasteiger partial charge in [-0.3, -0.25) is 4.90 Å². The second-order valence-corrected chi connectivity index (χ2v) is 12.2. The first-order valence-electron chi connectivity index (χ1n) is 16.0. The maximum Gasteiger partial charge on any atom is 0.416 e. The number of nitrogens with one attached hydrogen (secondary N) is 1. The van der Waals surface area contributed by atoms with E-state index in [2.05, 4.69) is 20.3 Å². The second kappa shape index (κ2) is 14.3. The number of carbonyl (C=O) groups excluding carboxylic acids is 1. The number of hydrogen-bond acceptors (Lipinski definition) is 9. The Bertz CT molecular complexity index is 1620. The number of rotatable bonds is 8. The van der Waals surface area contributed by atoms with E-state index >= 15 is 0 Å². The van der Waals surface area contributed by atoms with Crippen LogP contribution in [0.15, 0.2) is 36.5 Å². The number of ether oxygens (including phenoxy) is 2. The molecule has 0 saturated carbocycles. The van der Waals surface area contributed by atoms with E-state index in [4.69, 9.17) is 9.47 Å². The van der Waals surface area contributed by atoms with Gasteiger partial charge in [0.05, 0.1) is 65.9 Å². The van der Waals surface area contributed by atoms with E-state index in [0.717, 1.165) is 0 Å². The van der Waals surface area contributed by atoms with Gasteiger partial charge >= 0.3 is 18.4 Å². The molecule has 2 N–H and O–H groups in total.